The molecule has 3 N–H and O–H groups in total. The summed E-state index contributed by atoms with van der Waals surface area (Å²) >= 11 is 0. The van der Waals surface area contributed by atoms with Crippen molar-refractivity contribution in [1.82, 2.24) is 10.3 Å². The van der Waals surface area contributed by atoms with Crippen LogP contribution in [0.25, 0.3) is 0 Å². The normalized spacial score (nSPS) is 22.6. The van der Waals surface area contributed by atoms with Crippen molar-refractivity contribution in [2.24, 2.45) is 17.6 Å². The van der Waals surface area contributed by atoms with Crippen LogP contribution in [0.1, 0.15) is 30.7 Å². The van der Waals surface area contributed by atoms with E-state index in [4.69, 9.17) is 10.2 Å². The molecule has 1 aromatic heterocycles. The van der Waals surface area contributed by atoms with Crippen molar-refractivity contribution in [3.63, 3.8) is 0 Å². The highest BCUT2D eigenvalue weighted by atomic mass is 35.5. The predicted molar refractivity (Wildman–Crippen MR) is 70.2 cm³/mol. The Balaban J connectivity index is 0.00000162. The third kappa shape index (κ3) is 3.23. The number of amides is 1. The number of nitrogens with one attached hydrogen (secondary N) is 1. The topological polar surface area (TPSA) is 81.2 Å². The number of hydrogen-bond donors (Lipinski definition) is 2. The quantitative estimate of drug-likeness (QED) is 0.869. The van der Waals surface area contributed by atoms with E-state index in [1.54, 1.807) is 0 Å². The summed E-state index contributed by atoms with van der Waals surface area (Å²) in [6.45, 7) is 2.88. The van der Waals surface area contributed by atoms with Gasteiger partial charge in [-0.2, -0.15) is 0 Å². The Morgan fingerprint density at radius 3 is 3.00 bits per heavy atom. The lowest BCUT2D eigenvalue weighted by Gasteiger charge is -2.16. The molecule has 0 radical (unpaired) electrons. The minimum Gasteiger partial charge on any atom is -0.448 e. The molecule has 0 aromatic carbocycles. The van der Waals surface area contributed by atoms with Crippen molar-refractivity contribution in [2.45, 2.75) is 32.7 Å². The van der Waals surface area contributed by atoms with E-state index in [-0.39, 0.29) is 24.2 Å². The zero-order chi connectivity index (χ0) is 12.3. The second-order valence-corrected chi connectivity index (χ2v) is 4.61. The molecule has 0 aliphatic heterocycles. The second-order valence-electron chi connectivity index (χ2n) is 4.61. The number of oxazole rings is 1. The molecule has 1 amide bonds. The Kier molecular flexibility index (Phi) is 5.62. The maximum Gasteiger partial charge on any atom is 0.223 e. The van der Waals surface area contributed by atoms with Gasteiger partial charge in [-0.1, -0.05) is 6.42 Å². The highest BCUT2D eigenvalue weighted by Gasteiger charge is 2.31. The monoisotopic (exact) mass is 273 g/mol. The number of rotatable bonds is 4. The predicted octanol–water partition coefficient (Wildman–Crippen LogP) is 1.40. The SMILES string of the molecule is Cc1ocnc1CNC(=O)[C@@H]1CCC[C@@H]1CN.Cl. The van der Waals surface area contributed by atoms with Gasteiger partial charge in [-0.15, -0.1) is 12.4 Å². The number of aromatic nitrogens is 1. The second kappa shape index (κ2) is 6.75. The molecule has 1 aliphatic carbocycles. The molecule has 102 valence electrons. The molecule has 0 bridgehead atoms. The van der Waals surface area contributed by atoms with Crippen LogP contribution in [-0.4, -0.2) is 17.4 Å². The number of halogens is 1. The summed E-state index contributed by atoms with van der Waals surface area (Å²) in [4.78, 5) is 16.0. The van der Waals surface area contributed by atoms with Gasteiger partial charge in [-0.25, -0.2) is 4.98 Å². The first kappa shape index (κ1) is 15.0. The fraction of sp³-hybridized carbons (Fsp3) is 0.667. The van der Waals surface area contributed by atoms with Crippen LogP contribution in [0.15, 0.2) is 10.8 Å². The summed E-state index contributed by atoms with van der Waals surface area (Å²) in [6, 6.07) is 0. The van der Waals surface area contributed by atoms with Crippen LogP contribution in [-0.2, 0) is 11.3 Å². The van der Waals surface area contributed by atoms with Gasteiger partial charge in [-0.05, 0) is 32.2 Å². The molecule has 5 nitrogen and oxygen atoms in total. The molecule has 1 aliphatic rings. The number of carbonyl (C=O) groups is 1. The first-order valence-corrected chi connectivity index (χ1v) is 6.09. The first-order valence-electron chi connectivity index (χ1n) is 6.09. The molecule has 6 heteroatoms. The lowest BCUT2D eigenvalue weighted by Crippen LogP contribution is -2.34. The standard InChI is InChI=1S/C12H19N3O2.ClH/c1-8-11(15-7-17-8)6-14-12(16)10-4-2-3-9(10)5-13;/h7,9-10H,2-6,13H2,1H3,(H,14,16);1H/t9-,10-;/m1./s1. The summed E-state index contributed by atoms with van der Waals surface area (Å²) in [6.07, 6.45) is 4.51. The van der Waals surface area contributed by atoms with Crippen molar-refractivity contribution in [2.75, 3.05) is 6.54 Å². The van der Waals surface area contributed by atoms with Crippen molar-refractivity contribution in [1.29, 1.82) is 0 Å². The van der Waals surface area contributed by atoms with Gasteiger partial charge < -0.3 is 15.5 Å². The molecule has 1 saturated carbocycles. The minimum absolute atomic E-state index is 0. The van der Waals surface area contributed by atoms with Gasteiger partial charge >= 0.3 is 0 Å². The molecule has 1 aromatic rings. The molecule has 0 saturated heterocycles. The summed E-state index contributed by atoms with van der Waals surface area (Å²) < 4.78 is 5.08. The Labute approximate surface area is 113 Å². The van der Waals surface area contributed by atoms with Gasteiger partial charge in [0.2, 0.25) is 5.91 Å². The summed E-state index contributed by atoms with van der Waals surface area (Å²) in [5, 5.41) is 2.92. The number of nitrogens with zero attached hydrogens (tertiary/aromatic N) is 1. The maximum atomic E-state index is 12.0. The molecule has 2 atom stereocenters. The molecule has 0 unspecified atom stereocenters. The van der Waals surface area contributed by atoms with Crippen LogP contribution in [0, 0.1) is 18.8 Å². The van der Waals surface area contributed by atoms with E-state index in [0.717, 1.165) is 30.7 Å². The van der Waals surface area contributed by atoms with Crippen molar-refractivity contribution in [3.8, 4) is 0 Å². The summed E-state index contributed by atoms with van der Waals surface area (Å²) in [5.74, 6) is 1.27. The zero-order valence-electron chi connectivity index (χ0n) is 10.5. The zero-order valence-corrected chi connectivity index (χ0v) is 11.3. The van der Waals surface area contributed by atoms with E-state index in [1.165, 1.54) is 6.39 Å². The van der Waals surface area contributed by atoms with Gasteiger partial charge in [0, 0.05) is 5.92 Å². The molecule has 1 fully saturated rings. The van der Waals surface area contributed by atoms with Crippen LogP contribution < -0.4 is 11.1 Å². The number of carbonyl (C=O) groups excluding carboxylic acids is 1. The van der Waals surface area contributed by atoms with Gasteiger partial charge in [0.15, 0.2) is 6.39 Å². The van der Waals surface area contributed by atoms with Gasteiger partial charge in [0.25, 0.3) is 0 Å². The third-order valence-electron chi connectivity index (χ3n) is 3.57. The van der Waals surface area contributed by atoms with Crippen LogP contribution in [0.4, 0.5) is 0 Å². The Morgan fingerprint density at radius 1 is 1.61 bits per heavy atom. The van der Waals surface area contributed by atoms with Crippen molar-refractivity contribution < 1.29 is 9.21 Å². The molecule has 18 heavy (non-hydrogen) atoms. The van der Waals surface area contributed by atoms with Crippen LogP contribution in [0.2, 0.25) is 0 Å². The number of hydrogen-bond acceptors (Lipinski definition) is 4. The minimum atomic E-state index is 0. The van der Waals surface area contributed by atoms with Crippen molar-refractivity contribution >= 4 is 18.3 Å². The van der Waals surface area contributed by atoms with Crippen LogP contribution in [0.3, 0.4) is 0 Å². The average Bonchev–Trinajstić information content (AvgIpc) is 2.94. The Bertz CT molecular complexity index is 394. The fourth-order valence-corrected chi connectivity index (χ4v) is 2.46. The van der Waals surface area contributed by atoms with E-state index >= 15 is 0 Å². The third-order valence-corrected chi connectivity index (χ3v) is 3.57. The van der Waals surface area contributed by atoms with E-state index in [1.807, 2.05) is 6.92 Å². The summed E-state index contributed by atoms with van der Waals surface area (Å²) in [7, 11) is 0. The Hall–Kier alpha value is -1.07. The molecule has 1 heterocycles. The molecule has 2 rings (SSSR count). The highest BCUT2D eigenvalue weighted by molar-refractivity contribution is 5.85. The largest absolute Gasteiger partial charge is 0.448 e. The van der Waals surface area contributed by atoms with Crippen LogP contribution >= 0.6 is 12.4 Å². The first-order chi connectivity index (χ1) is 8.22. The Morgan fingerprint density at radius 2 is 2.39 bits per heavy atom. The van der Waals surface area contributed by atoms with E-state index in [0.29, 0.717) is 19.0 Å². The highest BCUT2D eigenvalue weighted by Crippen LogP contribution is 2.30. The molecule has 0 spiro atoms. The number of nitrogens with two attached hydrogens (primary N) is 1. The average molecular weight is 274 g/mol. The molecular weight excluding hydrogens is 254 g/mol. The van der Waals surface area contributed by atoms with E-state index in [9.17, 15) is 4.79 Å². The smallest absolute Gasteiger partial charge is 0.223 e. The lowest BCUT2D eigenvalue weighted by molar-refractivity contribution is -0.126. The maximum absolute atomic E-state index is 12.0. The van der Waals surface area contributed by atoms with Gasteiger partial charge in [-0.3, -0.25) is 4.79 Å². The van der Waals surface area contributed by atoms with E-state index < -0.39 is 0 Å². The van der Waals surface area contributed by atoms with Crippen LogP contribution in [0.5, 0.6) is 0 Å². The summed E-state index contributed by atoms with van der Waals surface area (Å²) in [5.41, 5.74) is 6.46. The van der Waals surface area contributed by atoms with E-state index in [2.05, 4.69) is 10.3 Å². The van der Waals surface area contributed by atoms with Crippen molar-refractivity contribution in [3.05, 3.63) is 17.8 Å². The fourth-order valence-electron chi connectivity index (χ4n) is 2.46. The van der Waals surface area contributed by atoms with Gasteiger partial charge in [0.1, 0.15) is 11.5 Å². The molecular formula is C12H20ClN3O2. The lowest BCUT2D eigenvalue weighted by atomic mass is 9.95. The van der Waals surface area contributed by atoms with Gasteiger partial charge in [0.05, 0.1) is 6.54 Å². The number of aryl methyl sites for hydroxylation is 1.